The first-order valence-corrected chi connectivity index (χ1v) is 9.03. The van der Waals surface area contributed by atoms with E-state index in [1.54, 1.807) is 39.8 Å². The number of carbonyl (C=O) groups excluding carboxylic acids is 1. The summed E-state index contributed by atoms with van der Waals surface area (Å²) in [6, 6.07) is 10.5. The standard InChI is InChI=1S/C18H14Cl2N6O2/c19-14-4-2-12(8-15(14)20)9-26-11-21-18(24-26)23-17(27)16-5-3-13(28-16)10-25-7-1-6-22-25/h1-8,11H,9-10H2,(H,23,24,27). The van der Waals surface area contributed by atoms with Crippen LogP contribution in [-0.4, -0.2) is 30.5 Å². The Balaban J connectivity index is 1.38. The minimum Gasteiger partial charge on any atom is -0.454 e. The monoisotopic (exact) mass is 416 g/mol. The highest BCUT2D eigenvalue weighted by Gasteiger charge is 2.14. The Morgan fingerprint density at radius 1 is 1.11 bits per heavy atom. The van der Waals surface area contributed by atoms with Gasteiger partial charge in [0.15, 0.2) is 5.76 Å². The maximum Gasteiger partial charge on any atom is 0.293 e. The van der Waals surface area contributed by atoms with Crippen molar-refractivity contribution in [2.75, 3.05) is 5.32 Å². The third-order valence-corrected chi connectivity index (χ3v) is 4.59. The van der Waals surface area contributed by atoms with Crippen LogP contribution in [0.4, 0.5) is 5.95 Å². The molecule has 0 spiro atoms. The lowest BCUT2D eigenvalue weighted by atomic mass is 10.2. The van der Waals surface area contributed by atoms with Crippen LogP contribution in [0.3, 0.4) is 0 Å². The number of carbonyl (C=O) groups is 1. The number of furan rings is 1. The number of hydrogen-bond acceptors (Lipinski definition) is 5. The first-order valence-electron chi connectivity index (χ1n) is 8.28. The van der Waals surface area contributed by atoms with Crippen LogP contribution in [0.15, 0.2) is 59.5 Å². The Kier molecular flexibility index (Phi) is 5.14. The summed E-state index contributed by atoms with van der Waals surface area (Å²) in [5, 5.41) is 11.9. The molecule has 142 valence electrons. The lowest BCUT2D eigenvalue weighted by molar-refractivity contribution is 0.0993. The highest BCUT2D eigenvalue weighted by atomic mass is 35.5. The number of aromatic nitrogens is 5. The van der Waals surface area contributed by atoms with Crippen molar-refractivity contribution in [1.82, 2.24) is 24.5 Å². The molecule has 1 amide bonds. The lowest BCUT2D eigenvalue weighted by Crippen LogP contribution is -2.12. The Bertz CT molecular complexity index is 1100. The molecule has 0 unspecified atom stereocenters. The zero-order valence-electron chi connectivity index (χ0n) is 14.4. The molecule has 3 aromatic heterocycles. The van der Waals surface area contributed by atoms with Crippen LogP contribution >= 0.6 is 23.2 Å². The van der Waals surface area contributed by atoms with Crippen LogP contribution in [0.5, 0.6) is 0 Å². The van der Waals surface area contributed by atoms with Crippen molar-refractivity contribution in [1.29, 1.82) is 0 Å². The number of halogens is 2. The van der Waals surface area contributed by atoms with Gasteiger partial charge in [-0.1, -0.05) is 29.3 Å². The summed E-state index contributed by atoms with van der Waals surface area (Å²) >= 11 is 11.9. The summed E-state index contributed by atoms with van der Waals surface area (Å²) in [7, 11) is 0. The molecule has 10 heteroatoms. The molecule has 0 fully saturated rings. The van der Waals surface area contributed by atoms with Crippen molar-refractivity contribution < 1.29 is 9.21 Å². The number of nitrogens with zero attached hydrogens (tertiary/aromatic N) is 5. The molecule has 0 atom stereocenters. The second-order valence-electron chi connectivity index (χ2n) is 5.94. The van der Waals surface area contributed by atoms with E-state index < -0.39 is 5.91 Å². The number of anilines is 1. The highest BCUT2D eigenvalue weighted by molar-refractivity contribution is 6.42. The summed E-state index contributed by atoms with van der Waals surface area (Å²) in [4.78, 5) is 16.4. The van der Waals surface area contributed by atoms with E-state index >= 15 is 0 Å². The molecule has 1 N–H and O–H groups in total. The second-order valence-corrected chi connectivity index (χ2v) is 6.75. The average molecular weight is 417 g/mol. The minimum atomic E-state index is -0.431. The average Bonchev–Trinajstić information content (AvgIpc) is 3.41. The van der Waals surface area contributed by atoms with E-state index in [0.29, 0.717) is 28.9 Å². The Labute approximate surface area is 169 Å². The first kappa shape index (κ1) is 18.3. The van der Waals surface area contributed by atoms with Gasteiger partial charge in [-0.25, -0.2) is 9.67 Å². The number of amides is 1. The normalized spacial score (nSPS) is 10.9. The van der Waals surface area contributed by atoms with Gasteiger partial charge in [0.05, 0.1) is 23.1 Å². The van der Waals surface area contributed by atoms with E-state index in [2.05, 4.69) is 20.5 Å². The van der Waals surface area contributed by atoms with E-state index in [9.17, 15) is 4.79 Å². The summed E-state index contributed by atoms with van der Waals surface area (Å²) in [5.74, 6) is 0.532. The highest BCUT2D eigenvalue weighted by Crippen LogP contribution is 2.23. The van der Waals surface area contributed by atoms with E-state index in [4.69, 9.17) is 27.6 Å². The van der Waals surface area contributed by atoms with Crippen molar-refractivity contribution in [3.63, 3.8) is 0 Å². The van der Waals surface area contributed by atoms with Gasteiger partial charge in [-0.2, -0.15) is 5.10 Å². The van der Waals surface area contributed by atoms with Crippen molar-refractivity contribution >= 4 is 35.1 Å². The number of benzene rings is 1. The molecule has 0 saturated heterocycles. The van der Waals surface area contributed by atoms with Crippen molar-refractivity contribution in [2.24, 2.45) is 0 Å². The quantitative estimate of drug-likeness (QED) is 0.516. The molecule has 1 aromatic carbocycles. The molecule has 0 radical (unpaired) electrons. The maximum atomic E-state index is 12.3. The SMILES string of the molecule is O=C(Nc1ncn(Cc2ccc(Cl)c(Cl)c2)n1)c1ccc(Cn2cccn2)o1. The Morgan fingerprint density at radius 2 is 2.00 bits per heavy atom. The molecule has 4 aromatic rings. The molecule has 0 aliphatic rings. The summed E-state index contributed by atoms with van der Waals surface area (Å²) in [6.45, 7) is 0.880. The number of hydrogen-bond donors (Lipinski definition) is 1. The fraction of sp³-hybridized carbons (Fsp3) is 0.111. The third kappa shape index (κ3) is 4.24. The molecule has 4 rings (SSSR count). The molecule has 3 heterocycles. The van der Waals surface area contributed by atoms with Crippen LogP contribution in [0.25, 0.3) is 0 Å². The zero-order chi connectivity index (χ0) is 19.5. The van der Waals surface area contributed by atoms with Gasteiger partial charge >= 0.3 is 0 Å². The van der Waals surface area contributed by atoms with Crippen LogP contribution in [0.1, 0.15) is 21.9 Å². The molecule has 0 aliphatic carbocycles. The topological polar surface area (TPSA) is 90.8 Å². The van der Waals surface area contributed by atoms with Gasteiger partial charge in [0.25, 0.3) is 5.91 Å². The summed E-state index contributed by atoms with van der Waals surface area (Å²) < 4.78 is 8.84. The van der Waals surface area contributed by atoms with Gasteiger partial charge in [0, 0.05) is 12.4 Å². The maximum absolute atomic E-state index is 12.3. The van der Waals surface area contributed by atoms with Crippen molar-refractivity contribution in [3.8, 4) is 0 Å². The van der Waals surface area contributed by atoms with E-state index in [1.807, 2.05) is 18.3 Å². The van der Waals surface area contributed by atoms with E-state index in [-0.39, 0.29) is 11.7 Å². The molecule has 0 saturated carbocycles. The number of rotatable bonds is 6. The largest absolute Gasteiger partial charge is 0.454 e. The van der Waals surface area contributed by atoms with Gasteiger partial charge in [0.2, 0.25) is 5.95 Å². The van der Waals surface area contributed by atoms with E-state index in [1.165, 1.54) is 6.33 Å². The van der Waals surface area contributed by atoms with Gasteiger partial charge in [-0.15, -0.1) is 5.10 Å². The van der Waals surface area contributed by atoms with Crippen LogP contribution in [0, 0.1) is 0 Å². The fourth-order valence-electron chi connectivity index (χ4n) is 2.55. The first-order chi connectivity index (χ1) is 13.6. The molecule has 8 nitrogen and oxygen atoms in total. The molecule has 0 bridgehead atoms. The summed E-state index contributed by atoms with van der Waals surface area (Å²) in [6.07, 6.45) is 5.01. The summed E-state index contributed by atoms with van der Waals surface area (Å²) in [5.41, 5.74) is 0.909. The Morgan fingerprint density at radius 3 is 2.79 bits per heavy atom. The van der Waals surface area contributed by atoms with Gasteiger partial charge in [-0.3, -0.25) is 14.8 Å². The smallest absolute Gasteiger partial charge is 0.293 e. The molecule has 0 aliphatic heterocycles. The third-order valence-electron chi connectivity index (χ3n) is 3.85. The van der Waals surface area contributed by atoms with Gasteiger partial charge in [0.1, 0.15) is 12.1 Å². The fourth-order valence-corrected chi connectivity index (χ4v) is 2.88. The van der Waals surface area contributed by atoms with Crippen LogP contribution in [0.2, 0.25) is 10.0 Å². The minimum absolute atomic E-state index is 0.169. The van der Waals surface area contributed by atoms with Gasteiger partial charge in [-0.05, 0) is 35.9 Å². The van der Waals surface area contributed by atoms with Crippen LogP contribution < -0.4 is 5.32 Å². The van der Waals surface area contributed by atoms with Crippen molar-refractivity contribution in [2.45, 2.75) is 13.1 Å². The predicted molar refractivity (Wildman–Crippen MR) is 104 cm³/mol. The van der Waals surface area contributed by atoms with Gasteiger partial charge < -0.3 is 4.42 Å². The number of nitrogens with one attached hydrogen (secondary N) is 1. The zero-order valence-corrected chi connectivity index (χ0v) is 15.9. The lowest BCUT2D eigenvalue weighted by Gasteiger charge is -2.03. The second kappa shape index (κ2) is 7.87. The van der Waals surface area contributed by atoms with Crippen LogP contribution in [-0.2, 0) is 13.1 Å². The van der Waals surface area contributed by atoms with Crippen molar-refractivity contribution in [3.05, 3.63) is 82.2 Å². The molecule has 28 heavy (non-hydrogen) atoms. The molecular weight excluding hydrogens is 403 g/mol. The van der Waals surface area contributed by atoms with E-state index in [0.717, 1.165) is 5.56 Å². The Hall–Kier alpha value is -3.10. The molecular formula is C18H14Cl2N6O2. The predicted octanol–water partition coefficient (Wildman–Crippen LogP) is 3.72.